The molecule has 0 atom stereocenters. The van der Waals surface area contributed by atoms with Gasteiger partial charge >= 0.3 is 0 Å². The third-order valence-electron chi connectivity index (χ3n) is 4.22. The predicted molar refractivity (Wildman–Crippen MR) is 102 cm³/mol. The lowest BCUT2D eigenvalue weighted by atomic mass is 10.2. The molecule has 1 aromatic carbocycles. The van der Waals surface area contributed by atoms with Crippen LogP contribution in [0.3, 0.4) is 0 Å². The maximum atomic E-state index is 14.3. The third kappa shape index (κ3) is 4.01. The zero-order valence-corrected chi connectivity index (χ0v) is 15.4. The summed E-state index contributed by atoms with van der Waals surface area (Å²) in [6.07, 6.45) is 1.58. The van der Waals surface area contributed by atoms with Crippen molar-refractivity contribution in [3.8, 4) is 5.69 Å². The van der Waals surface area contributed by atoms with Crippen molar-refractivity contribution in [1.82, 2.24) is 19.7 Å². The van der Waals surface area contributed by atoms with Crippen molar-refractivity contribution in [2.24, 2.45) is 0 Å². The van der Waals surface area contributed by atoms with Crippen LogP contribution in [0.1, 0.15) is 5.69 Å². The van der Waals surface area contributed by atoms with Gasteiger partial charge in [-0.25, -0.2) is 14.1 Å². The van der Waals surface area contributed by atoms with Gasteiger partial charge in [0.05, 0.1) is 24.6 Å². The Bertz CT molecular complexity index is 937. The number of nitrogens with zero attached hydrogens (tertiary/aromatic N) is 5. The molecule has 27 heavy (non-hydrogen) atoms. The molecule has 1 N–H and O–H groups in total. The van der Waals surface area contributed by atoms with Gasteiger partial charge < -0.3 is 15.0 Å². The highest BCUT2D eigenvalue weighted by molar-refractivity contribution is 6.29. The van der Waals surface area contributed by atoms with Gasteiger partial charge in [0.25, 0.3) is 0 Å². The van der Waals surface area contributed by atoms with Crippen LogP contribution in [0.15, 0.2) is 36.7 Å². The Labute approximate surface area is 160 Å². The average Bonchev–Trinajstić information content (AvgIpc) is 3.10. The Hall–Kier alpha value is -2.71. The molecular weight excluding hydrogens is 371 g/mol. The standard InChI is InChI=1S/C18H18ClFN6O/c1-12-8-13(9-17(19)22-12)23-18-21-11-26(24-18)14-2-3-15(20)16(10-14)25-4-6-27-7-5-25/h2-3,8-11H,4-7H2,1H3,(H,22,23,24). The molecule has 3 aromatic rings. The molecule has 3 heterocycles. The van der Waals surface area contributed by atoms with Gasteiger partial charge in [-0.3, -0.25) is 0 Å². The number of rotatable bonds is 4. The van der Waals surface area contributed by atoms with Crippen molar-refractivity contribution >= 4 is 28.9 Å². The summed E-state index contributed by atoms with van der Waals surface area (Å²) < 4.78 is 21.2. The van der Waals surface area contributed by atoms with E-state index in [1.165, 1.54) is 6.07 Å². The van der Waals surface area contributed by atoms with Crippen LogP contribution >= 0.6 is 11.6 Å². The van der Waals surface area contributed by atoms with Gasteiger partial charge in [-0.05, 0) is 37.3 Å². The molecule has 0 unspecified atom stereocenters. The van der Waals surface area contributed by atoms with Gasteiger partial charge in [0.15, 0.2) is 0 Å². The fourth-order valence-electron chi connectivity index (χ4n) is 2.96. The number of benzene rings is 1. The molecule has 0 saturated carbocycles. The Morgan fingerprint density at radius 2 is 2.00 bits per heavy atom. The van der Waals surface area contributed by atoms with Crippen molar-refractivity contribution in [3.05, 3.63) is 53.3 Å². The Morgan fingerprint density at radius 1 is 1.19 bits per heavy atom. The van der Waals surface area contributed by atoms with Crippen LogP contribution in [0.4, 0.5) is 21.7 Å². The van der Waals surface area contributed by atoms with Crippen molar-refractivity contribution in [3.63, 3.8) is 0 Å². The van der Waals surface area contributed by atoms with Gasteiger partial charge in [0.2, 0.25) is 5.95 Å². The lowest BCUT2D eigenvalue weighted by Crippen LogP contribution is -2.36. The van der Waals surface area contributed by atoms with Crippen LogP contribution < -0.4 is 10.2 Å². The summed E-state index contributed by atoms with van der Waals surface area (Å²) >= 11 is 5.98. The largest absolute Gasteiger partial charge is 0.378 e. The molecule has 0 aliphatic carbocycles. The maximum Gasteiger partial charge on any atom is 0.246 e. The van der Waals surface area contributed by atoms with Crippen molar-refractivity contribution < 1.29 is 9.13 Å². The van der Waals surface area contributed by atoms with E-state index in [2.05, 4.69) is 20.4 Å². The number of nitrogens with one attached hydrogen (secondary N) is 1. The number of aromatic nitrogens is 4. The number of hydrogen-bond acceptors (Lipinski definition) is 6. The van der Waals surface area contributed by atoms with Crippen LogP contribution in [0.5, 0.6) is 0 Å². The van der Waals surface area contributed by atoms with Crippen molar-refractivity contribution in [2.45, 2.75) is 6.92 Å². The molecule has 0 bridgehead atoms. The third-order valence-corrected chi connectivity index (χ3v) is 4.41. The molecule has 1 saturated heterocycles. The fourth-order valence-corrected chi connectivity index (χ4v) is 3.22. The maximum absolute atomic E-state index is 14.3. The normalized spacial score (nSPS) is 14.4. The number of ether oxygens (including phenoxy) is 1. The average molecular weight is 389 g/mol. The molecular formula is C18H18ClFN6O. The molecule has 1 fully saturated rings. The molecule has 4 rings (SSSR count). The molecule has 1 aliphatic rings. The number of aryl methyl sites for hydroxylation is 1. The summed E-state index contributed by atoms with van der Waals surface area (Å²) in [4.78, 5) is 10.4. The summed E-state index contributed by atoms with van der Waals surface area (Å²) in [6, 6.07) is 8.43. The van der Waals surface area contributed by atoms with E-state index in [0.29, 0.717) is 43.1 Å². The van der Waals surface area contributed by atoms with Gasteiger partial charge in [-0.2, -0.15) is 4.98 Å². The summed E-state index contributed by atoms with van der Waals surface area (Å²) in [5, 5.41) is 7.91. The van der Waals surface area contributed by atoms with Crippen LogP contribution in [-0.4, -0.2) is 46.1 Å². The van der Waals surface area contributed by atoms with Crippen LogP contribution in [0, 0.1) is 12.7 Å². The van der Waals surface area contributed by atoms with Gasteiger partial charge in [0, 0.05) is 24.5 Å². The number of morpholine rings is 1. The van der Waals surface area contributed by atoms with E-state index in [0.717, 1.165) is 17.1 Å². The number of anilines is 3. The molecule has 7 nitrogen and oxygen atoms in total. The Morgan fingerprint density at radius 3 is 2.78 bits per heavy atom. The lowest BCUT2D eigenvalue weighted by Gasteiger charge is -2.29. The first-order valence-corrected chi connectivity index (χ1v) is 8.92. The minimum Gasteiger partial charge on any atom is -0.378 e. The van der Waals surface area contributed by atoms with E-state index in [1.54, 1.807) is 29.2 Å². The number of pyridine rings is 1. The van der Waals surface area contributed by atoms with Gasteiger partial charge in [0.1, 0.15) is 17.3 Å². The Kier molecular flexibility index (Phi) is 4.91. The molecule has 0 amide bonds. The number of hydrogen-bond donors (Lipinski definition) is 1. The first-order valence-electron chi connectivity index (χ1n) is 8.54. The second-order valence-electron chi connectivity index (χ2n) is 6.19. The lowest BCUT2D eigenvalue weighted by molar-refractivity contribution is 0.122. The minimum absolute atomic E-state index is 0.263. The van der Waals surface area contributed by atoms with Crippen LogP contribution in [-0.2, 0) is 4.74 Å². The van der Waals surface area contributed by atoms with Crippen LogP contribution in [0.2, 0.25) is 5.15 Å². The predicted octanol–water partition coefficient (Wildman–Crippen LogP) is 3.34. The molecule has 1 aliphatic heterocycles. The zero-order valence-electron chi connectivity index (χ0n) is 14.7. The van der Waals surface area contributed by atoms with E-state index >= 15 is 0 Å². The van der Waals surface area contributed by atoms with Gasteiger partial charge in [-0.1, -0.05) is 11.6 Å². The second-order valence-corrected chi connectivity index (χ2v) is 6.58. The molecule has 2 aromatic heterocycles. The molecule has 9 heteroatoms. The SMILES string of the molecule is Cc1cc(Nc2ncn(-c3ccc(F)c(N4CCOCC4)c3)n2)cc(Cl)n1. The van der Waals surface area contributed by atoms with Gasteiger partial charge in [-0.15, -0.1) is 5.10 Å². The van der Waals surface area contributed by atoms with E-state index in [-0.39, 0.29) is 5.82 Å². The monoisotopic (exact) mass is 388 g/mol. The van der Waals surface area contributed by atoms with E-state index in [9.17, 15) is 4.39 Å². The van der Waals surface area contributed by atoms with E-state index < -0.39 is 0 Å². The smallest absolute Gasteiger partial charge is 0.246 e. The van der Waals surface area contributed by atoms with Crippen molar-refractivity contribution in [1.29, 1.82) is 0 Å². The second kappa shape index (κ2) is 7.50. The summed E-state index contributed by atoms with van der Waals surface area (Å²) in [5.41, 5.74) is 2.80. The van der Waals surface area contributed by atoms with Crippen molar-refractivity contribution in [2.75, 3.05) is 36.5 Å². The quantitative estimate of drug-likeness (QED) is 0.691. The molecule has 0 radical (unpaired) electrons. The fraction of sp³-hybridized carbons (Fsp3) is 0.278. The molecule has 0 spiro atoms. The highest BCUT2D eigenvalue weighted by Crippen LogP contribution is 2.24. The van der Waals surface area contributed by atoms with E-state index in [4.69, 9.17) is 16.3 Å². The van der Waals surface area contributed by atoms with Crippen LogP contribution in [0.25, 0.3) is 5.69 Å². The minimum atomic E-state index is -0.263. The topological polar surface area (TPSA) is 68.1 Å². The first kappa shape index (κ1) is 17.7. The first-order chi connectivity index (χ1) is 13.1. The molecule has 140 valence electrons. The highest BCUT2D eigenvalue weighted by atomic mass is 35.5. The zero-order chi connectivity index (χ0) is 18.8. The summed E-state index contributed by atoms with van der Waals surface area (Å²) in [7, 11) is 0. The summed E-state index contributed by atoms with van der Waals surface area (Å²) in [5.74, 6) is 0.148. The van der Waals surface area contributed by atoms with E-state index in [1.807, 2.05) is 17.9 Å². The highest BCUT2D eigenvalue weighted by Gasteiger charge is 2.16. The Balaban J connectivity index is 1.57. The summed E-state index contributed by atoms with van der Waals surface area (Å²) in [6.45, 7) is 4.36. The number of halogens is 2.